The lowest BCUT2D eigenvalue weighted by molar-refractivity contribution is -0.143. The van der Waals surface area contributed by atoms with Gasteiger partial charge in [-0.05, 0) is 51.2 Å². The Labute approximate surface area is 157 Å². The van der Waals surface area contributed by atoms with Crippen LogP contribution in [0, 0.1) is 19.3 Å². The van der Waals surface area contributed by atoms with E-state index in [-0.39, 0.29) is 17.6 Å². The van der Waals surface area contributed by atoms with Gasteiger partial charge in [-0.25, -0.2) is 0 Å². The monoisotopic (exact) mass is 359 g/mol. The third-order valence-electron chi connectivity index (χ3n) is 5.98. The molecule has 2 aliphatic rings. The molecule has 3 rings (SSSR count). The molecule has 1 amide bonds. The molecule has 1 aliphatic carbocycles. The van der Waals surface area contributed by atoms with Crippen LogP contribution in [0.4, 0.5) is 0 Å². The summed E-state index contributed by atoms with van der Waals surface area (Å²) in [6.45, 7) is 6.19. The molecule has 0 unspecified atom stereocenters. The number of hydrogen-bond acceptors (Lipinski definition) is 3. The van der Waals surface area contributed by atoms with E-state index in [0.29, 0.717) is 6.54 Å². The van der Waals surface area contributed by atoms with Gasteiger partial charge in [0.25, 0.3) is 5.91 Å². The summed E-state index contributed by atoms with van der Waals surface area (Å²) >= 11 is 0. The third kappa shape index (κ3) is 4.66. The van der Waals surface area contributed by atoms with Gasteiger partial charge in [-0.15, -0.1) is 0 Å². The maximum atomic E-state index is 12.5. The fourth-order valence-electron chi connectivity index (χ4n) is 4.55. The molecule has 1 heterocycles. The topological polar surface area (TPSA) is 47.6 Å². The van der Waals surface area contributed by atoms with Gasteiger partial charge in [0.15, 0.2) is 6.29 Å². The summed E-state index contributed by atoms with van der Waals surface area (Å²) in [7, 11) is 0. The number of aryl methyl sites for hydroxylation is 2. The number of carbonyl (C=O) groups excluding carboxylic acids is 1. The van der Waals surface area contributed by atoms with Gasteiger partial charge in [0, 0.05) is 17.5 Å². The zero-order chi connectivity index (χ0) is 18.4. The molecule has 0 atom stereocenters. The summed E-state index contributed by atoms with van der Waals surface area (Å²) in [6, 6.07) is 5.98. The van der Waals surface area contributed by atoms with Gasteiger partial charge in [0.2, 0.25) is 0 Å². The summed E-state index contributed by atoms with van der Waals surface area (Å²) in [4.78, 5) is 12.5. The van der Waals surface area contributed by atoms with Gasteiger partial charge in [-0.3, -0.25) is 4.79 Å². The van der Waals surface area contributed by atoms with Crippen molar-refractivity contribution in [2.45, 2.75) is 71.5 Å². The molecule has 2 fully saturated rings. The molecule has 144 valence electrons. The minimum absolute atomic E-state index is 0.0331. The van der Waals surface area contributed by atoms with E-state index in [1.165, 1.54) is 44.1 Å². The Morgan fingerprint density at radius 1 is 1.12 bits per heavy atom. The standard InChI is InChI=1S/C22H33NO3/c1-17-8-9-19(18(2)16-17)20(24)23-13-7-12-22(21-25-14-15-26-21)10-5-3-4-6-11-22/h8-9,16,21H,3-7,10-15H2,1-2H3,(H,23,24). The summed E-state index contributed by atoms with van der Waals surface area (Å²) in [5.74, 6) is 0.0331. The lowest BCUT2D eigenvalue weighted by Crippen LogP contribution is -2.37. The van der Waals surface area contributed by atoms with Crippen molar-refractivity contribution in [3.05, 3.63) is 34.9 Å². The highest BCUT2D eigenvalue weighted by atomic mass is 16.7. The molecule has 1 saturated heterocycles. The lowest BCUT2D eigenvalue weighted by Gasteiger charge is -2.37. The number of benzene rings is 1. The second-order valence-corrected chi connectivity index (χ2v) is 8.03. The molecule has 1 aromatic carbocycles. The normalized spacial score (nSPS) is 20.7. The predicted molar refractivity (Wildman–Crippen MR) is 103 cm³/mol. The van der Waals surface area contributed by atoms with Crippen molar-refractivity contribution >= 4 is 5.91 Å². The molecule has 0 bridgehead atoms. The number of ether oxygens (including phenoxy) is 2. The number of hydrogen-bond donors (Lipinski definition) is 1. The number of rotatable bonds is 6. The second-order valence-electron chi connectivity index (χ2n) is 8.03. The Balaban J connectivity index is 1.53. The van der Waals surface area contributed by atoms with Crippen LogP contribution in [0.5, 0.6) is 0 Å². The molecular formula is C22H33NO3. The van der Waals surface area contributed by atoms with E-state index in [1.807, 2.05) is 26.0 Å². The first-order valence-electron chi connectivity index (χ1n) is 10.2. The summed E-state index contributed by atoms with van der Waals surface area (Å²) in [5.41, 5.74) is 3.14. The van der Waals surface area contributed by atoms with Crippen molar-refractivity contribution < 1.29 is 14.3 Å². The van der Waals surface area contributed by atoms with Crippen LogP contribution in [-0.4, -0.2) is 32.0 Å². The van der Waals surface area contributed by atoms with Crippen molar-refractivity contribution in [3.8, 4) is 0 Å². The van der Waals surface area contributed by atoms with E-state index in [2.05, 4.69) is 11.4 Å². The Morgan fingerprint density at radius 2 is 1.81 bits per heavy atom. The Bertz CT molecular complexity index is 599. The van der Waals surface area contributed by atoms with Crippen LogP contribution >= 0.6 is 0 Å². The van der Waals surface area contributed by atoms with Crippen molar-refractivity contribution in [1.82, 2.24) is 5.32 Å². The van der Waals surface area contributed by atoms with Crippen LogP contribution in [0.15, 0.2) is 18.2 Å². The third-order valence-corrected chi connectivity index (χ3v) is 5.98. The van der Waals surface area contributed by atoms with Crippen molar-refractivity contribution in [3.63, 3.8) is 0 Å². The van der Waals surface area contributed by atoms with Crippen LogP contribution < -0.4 is 5.32 Å². The van der Waals surface area contributed by atoms with Crippen molar-refractivity contribution in [1.29, 1.82) is 0 Å². The molecule has 0 spiro atoms. The maximum Gasteiger partial charge on any atom is 0.251 e. The Morgan fingerprint density at radius 3 is 2.46 bits per heavy atom. The van der Waals surface area contributed by atoms with Crippen LogP contribution in [0.2, 0.25) is 0 Å². The second kappa shape index (κ2) is 9.01. The zero-order valence-corrected chi connectivity index (χ0v) is 16.3. The van der Waals surface area contributed by atoms with Gasteiger partial charge in [-0.2, -0.15) is 0 Å². The van der Waals surface area contributed by atoms with Crippen LogP contribution in [0.3, 0.4) is 0 Å². The number of amides is 1. The molecule has 0 aromatic heterocycles. The fourth-order valence-corrected chi connectivity index (χ4v) is 4.55. The minimum atomic E-state index is -0.0457. The van der Waals surface area contributed by atoms with Gasteiger partial charge in [0.1, 0.15) is 0 Å². The predicted octanol–water partition coefficient (Wildman–Crippen LogP) is 4.53. The van der Waals surface area contributed by atoms with E-state index in [1.54, 1.807) is 0 Å². The van der Waals surface area contributed by atoms with E-state index < -0.39 is 0 Å². The van der Waals surface area contributed by atoms with E-state index in [4.69, 9.17) is 9.47 Å². The SMILES string of the molecule is Cc1ccc(C(=O)NCCCC2(C3OCCO3)CCCCCC2)c(C)c1. The average molecular weight is 360 g/mol. The maximum absolute atomic E-state index is 12.5. The minimum Gasteiger partial charge on any atom is -0.352 e. The van der Waals surface area contributed by atoms with E-state index >= 15 is 0 Å². The molecule has 26 heavy (non-hydrogen) atoms. The highest BCUT2D eigenvalue weighted by molar-refractivity contribution is 5.95. The smallest absolute Gasteiger partial charge is 0.251 e. The molecule has 1 aliphatic heterocycles. The lowest BCUT2D eigenvalue weighted by atomic mass is 9.75. The molecule has 0 radical (unpaired) electrons. The molecule has 1 N–H and O–H groups in total. The molecule has 4 heteroatoms. The van der Waals surface area contributed by atoms with Gasteiger partial charge >= 0.3 is 0 Å². The Hall–Kier alpha value is -1.39. The van der Waals surface area contributed by atoms with Gasteiger partial charge in [-0.1, -0.05) is 43.4 Å². The van der Waals surface area contributed by atoms with Crippen molar-refractivity contribution in [2.24, 2.45) is 5.41 Å². The first kappa shape index (κ1) is 19.4. The van der Waals surface area contributed by atoms with Crippen molar-refractivity contribution in [2.75, 3.05) is 19.8 Å². The van der Waals surface area contributed by atoms with E-state index in [0.717, 1.165) is 37.2 Å². The molecular weight excluding hydrogens is 326 g/mol. The Kier molecular flexibility index (Phi) is 6.71. The number of nitrogens with one attached hydrogen (secondary N) is 1. The molecule has 1 saturated carbocycles. The van der Waals surface area contributed by atoms with Crippen LogP contribution in [0.25, 0.3) is 0 Å². The van der Waals surface area contributed by atoms with E-state index in [9.17, 15) is 4.79 Å². The summed E-state index contributed by atoms with van der Waals surface area (Å²) < 4.78 is 11.8. The largest absolute Gasteiger partial charge is 0.352 e. The highest BCUT2D eigenvalue weighted by Crippen LogP contribution is 2.44. The van der Waals surface area contributed by atoms with Crippen LogP contribution in [-0.2, 0) is 9.47 Å². The molecule has 1 aromatic rings. The number of carbonyl (C=O) groups is 1. The zero-order valence-electron chi connectivity index (χ0n) is 16.3. The van der Waals surface area contributed by atoms with Crippen LogP contribution in [0.1, 0.15) is 72.9 Å². The first-order chi connectivity index (χ1) is 12.6. The fraction of sp³-hybridized carbons (Fsp3) is 0.682. The van der Waals surface area contributed by atoms with Gasteiger partial charge in [0.05, 0.1) is 13.2 Å². The average Bonchev–Trinajstić information content (AvgIpc) is 3.06. The van der Waals surface area contributed by atoms with Gasteiger partial charge < -0.3 is 14.8 Å². The quantitative estimate of drug-likeness (QED) is 0.600. The first-order valence-corrected chi connectivity index (χ1v) is 10.2. The highest BCUT2D eigenvalue weighted by Gasteiger charge is 2.41. The summed E-state index contributed by atoms with van der Waals surface area (Å²) in [5, 5.41) is 3.10. The summed E-state index contributed by atoms with van der Waals surface area (Å²) in [6.07, 6.45) is 9.51. The molecule has 4 nitrogen and oxygen atoms in total.